The molecule has 4 heteroatoms. The molecule has 28 heavy (non-hydrogen) atoms. The fourth-order valence-electron chi connectivity index (χ4n) is 5.17. The van der Waals surface area contributed by atoms with E-state index >= 15 is 0 Å². The number of halogens is 2. The van der Waals surface area contributed by atoms with Crippen molar-refractivity contribution in [3.05, 3.63) is 42.2 Å². The zero-order valence-electron chi connectivity index (χ0n) is 19.6. The van der Waals surface area contributed by atoms with E-state index in [2.05, 4.69) is 71.8 Å². The van der Waals surface area contributed by atoms with Crippen molar-refractivity contribution in [1.82, 2.24) is 0 Å². The number of hydrogen-bond donors (Lipinski definition) is 0. The van der Waals surface area contributed by atoms with E-state index in [-0.39, 0.29) is 24.8 Å². The Morgan fingerprint density at radius 1 is 0.786 bits per heavy atom. The SMILES string of the molecule is CCC1=[C]([Ti]([CH3])([CH3])(=[SiH2])[C]2=C(CC)C=C(CC(C)C)C2)CC(CC(C)C)=C1.Cl.Cl. The summed E-state index contributed by atoms with van der Waals surface area (Å²) in [5.74, 6) is 1.53. The third-order valence-corrected chi connectivity index (χ3v) is 17.5. The van der Waals surface area contributed by atoms with Crippen LogP contribution in [0.2, 0.25) is 10.5 Å². The standard InChI is InChI=1S/2C11H17.2CH3.2ClH.H2Si.Ti/c2*1-4-10-5-6-11(8-10)7-9(2)3;;;;;;/h2*8-9H,4,6-7H2,1-3H3;2*1H3;2*1H;1H2;. The van der Waals surface area contributed by atoms with Crippen LogP contribution in [0.25, 0.3) is 0 Å². The summed E-state index contributed by atoms with van der Waals surface area (Å²) in [4.78, 5) is 0. The molecule has 2 rings (SSSR count). The summed E-state index contributed by atoms with van der Waals surface area (Å²) in [6.45, 7) is 14.2. The van der Waals surface area contributed by atoms with Gasteiger partial charge in [0.2, 0.25) is 0 Å². The van der Waals surface area contributed by atoms with Crippen molar-refractivity contribution >= 4 is 32.4 Å². The van der Waals surface area contributed by atoms with E-state index in [0.717, 1.165) is 11.8 Å². The van der Waals surface area contributed by atoms with Crippen LogP contribution in [-0.4, -0.2) is 7.63 Å². The van der Waals surface area contributed by atoms with Crippen molar-refractivity contribution in [2.24, 2.45) is 11.8 Å². The first kappa shape index (κ1) is 28.5. The first-order chi connectivity index (χ1) is 12.0. The largest absolute Gasteiger partial charge is 0.147 e. The van der Waals surface area contributed by atoms with Crippen molar-refractivity contribution in [2.75, 3.05) is 0 Å². The summed E-state index contributed by atoms with van der Waals surface area (Å²) in [6, 6.07) is 0. The van der Waals surface area contributed by atoms with Crippen LogP contribution >= 0.6 is 24.8 Å². The van der Waals surface area contributed by atoms with Gasteiger partial charge in [0.15, 0.2) is 0 Å². The van der Waals surface area contributed by atoms with E-state index in [0.29, 0.717) is 0 Å². The topological polar surface area (TPSA) is 0 Å². The summed E-state index contributed by atoms with van der Waals surface area (Å²) in [5.41, 5.74) is 6.78. The van der Waals surface area contributed by atoms with Crippen molar-refractivity contribution in [3.63, 3.8) is 0 Å². The van der Waals surface area contributed by atoms with Gasteiger partial charge in [-0.25, -0.2) is 0 Å². The normalized spacial score (nSPS) is 17.8. The minimum Gasteiger partial charge on any atom is -0.147 e. The van der Waals surface area contributed by atoms with Crippen LogP contribution in [0.5, 0.6) is 0 Å². The smallest absolute Gasteiger partial charge is 0.147 e. The first-order valence-corrected chi connectivity index (χ1v) is 19.6. The Morgan fingerprint density at radius 3 is 1.36 bits per heavy atom. The quantitative estimate of drug-likeness (QED) is 0.308. The van der Waals surface area contributed by atoms with E-state index in [1.54, 1.807) is 22.3 Å². The van der Waals surface area contributed by atoms with Crippen LogP contribution in [0.15, 0.2) is 42.2 Å². The van der Waals surface area contributed by atoms with Gasteiger partial charge in [0, 0.05) is 0 Å². The molecule has 0 bridgehead atoms. The molecule has 0 saturated heterocycles. The molecular formula is C24H44Cl2SiTi. The molecule has 0 aromatic rings. The fraction of sp³-hybridized carbons (Fsp3) is 0.667. The molecule has 0 aromatic heterocycles. The molecule has 0 N–H and O–H groups in total. The minimum atomic E-state index is -2.83. The van der Waals surface area contributed by atoms with Crippen molar-refractivity contribution < 1.29 is 14.0 Å². The Kier molecular flexibility index (Phi) is 10.9. The van der Waals surface area contributed by atoms with Gasteiger partial charge in [-0.15, -0.1) is 24.8 Å². The van der Waals surface area contributed by atoms with E-state index in [4.69, 9.17) is 0 Å². The predicted octanol–water partition coefficient (Wildman–Crippen LogP) is 8.24. The van der Waals surface area contributed by atoms with Crippen LogP contribution in [0, 0.1) is 11.8 Å². The molecule has 0 radical (unpaired) electrons. The molecule has 2 aliphatic rings. The third-order valence-electron chi connectivity index (χ3n) is 6.38. The molecule has 0 atom stereocenters. The van der Waals surface area contributed by atoms with Gasteiger partial charge in [-0.3, -0.25) is 0 Å². The maximum Gasteiger partial charge on any atom is -0.147 e. The number of allylic oxidation sites excluding steroid dienone is 8. The van der Waals surface area contributed by atoms with Crippen LogP contribution in [-0.2, 0) is 14.0 Å². The molecule has 0 heterocycles. The van der Waals surface area contributed by atoms with Gasteiger partial charge in [-0.05, 0) is 0 Å². The Morgan fingerprint density at radius 2 is 1.11 bits per heavy atom. The Hall–Kier alpha value is 0.471. The second-order valence-electron chi connectivity index (χ2n) is 10.6. The summed E-state index contributed by atoms with van der Waals surface area (Å²) < 4.78 is 3.78. The van der Waals surface area contributed by atoms with Crippen LogP contribution < -0.4 is 0 Å². The van der Waals surface area contributed by atoms with Crippen LogP contribution in [0.1, 0.15) is 80.1 Å². The maximum absolute atomic E-state index is 2.83. The minimum absolute atomic E-state index is 0. The number of rotatable bonds is 8. The molecule has 0 spiro atoms. The van der Waals surface area contributed by atoms with E-state index in [1.807, 2.05) is 7.76 Å². The zero-order chi connectivity index (χ0) is 19.7. The molecule has 0 amide bonds. The van der Waals surface area contributed by atoms with Crippen molar-refractivity contribution in [3.8, 4) is 0 Å². The van der Waals surface area contributed by atoms with Gasteiger partial charge in [-0.2, -0.15) is 0 Å². The second kappa shape index (κ2) is 10.7. The Labute approximate surface area is 190 Å². The summed E-state index contributed by atoms with van der Waals surface area (Å²) in [6.07, 6.45) is 12.7. The van der Waals surface area contributed by atoms with E-state index < -0.39 is 14.0 Å². The third kappa shape index (κ3) is 6.24. The Bertz CT molecular complexity index is 699. The van der Waals surface area contributed by atoms with Gasteiger partial charge in [0.1, 0.15) is 0 Å². The monoisotopic (exact) mass is 478 g/mol. The van der Waals surface area contributed by atoms with E-state index in [1.165, 1.54) is 38.5 Å². The van der Waals surface area contributed by atoms with Gasteiger partial charge >= 0.3 is 166 Å². The fourth-order valence-corrected chi connectivity index (χ4v) is 15.1. The summed E-state index contributed by atoms with van der Waals surface area (Å²) in [7, 11) is 2.43. The average Bonchev–Trinajstić information content (AvgIpc) is 3.10. The maximum atomic E-state index is 2.71. The molecule has 2 aliphatic carbocycles. The average molecular weight is 479 g/mol. The van der Waals surface area contributed by atoms with Crippen molar-refractivity contribution in [1.29, 1.82) is 0 Å². The predicted molar refractivity (Wildman–Crippen MR) is 134 cm³/mol. The van der Waals surface area contributed by atoms with Gasteiger partial charge in [0.25, 0.3) is 0 Å². The van der Waals surface area contributed by atoms with Gasteiger partial charge in [0.05, 0.1) is 0 Å². The van der Waals surface area contributed by atoms with Gasteiger partial charge in [-0.1, -0.05) is 0 Å². The van der Waals surface area contributed by atoms with E-state index in [9.17, 15) is 0 Å². The van der Waals surface area contributed by atoms with Crippen LogP contribution in [0.4, 0.5) is 0 Å². The molecule has 0 saturated carbocycles. The molecule has 162 valence electrons. The van der Waals surface area contributed by atoms with Gasteiger partial charge < -0.3 is 0 Å². The summed E-state index contributed by atoms with van der Waals surface area (Å²) >= 11 is -2.83. The van der Waals surface area contributed by atoms with Crippen LogP contribution in [0.3, 0.4) is 0 Å². The van der Waals surface area contributed by atoms with Crippen molar-refractivity contribution in [2.45, 2.75) is 90.5 Å². The Balaban J connectivity index is 0.00000364. The molecule has 0 aromatic carbocycles. The molecule has 0 aliphatic heterocycles. The molecular weight excluding hydrogens is 435 g/mol. The zero-order valence-corrected chi connectivity index (χ0v) is 24.2. The molecule has 0 nitrogen and oxygen atoms in total. The summed E-state index contributed by atoms with van der Waals surface area (Å²) in [5, 5.41) is 5.42. The second-order valence-corrected chi connectivity index (χ2v) is 29.6. The first-order valence-electron chi connectivity index (χ1n) is 10.9. The number of hydrogen-bond acceptors (Lipinski definition) is 0. The molecule has 0 unspecified atom stereocenters. The molecule has 0 fully saturated rings.